The van der Waals surface area contributed by atoms with Crippen LogP contribution in [0.15, 0.2) is 17.2 Å². The standard InChI is InChI=1S/C8H12N2O3/c1-7(11)10-4-3-9(8(10)12)5-6-13-2/h3-4H,5-6H2,1-2H3. The van der Waals surface area contributed by atoms with Crippen molar-refractivity contribution in [3.05, 3.63) is 22.9 Å². The Labute approximate surface area is 75.5 Å². The predicted octanol–water partition coefficient (Wildman–Crippen LogP) is -0.0437. The lowest BCUT2D eigenvalue weighted by atomic mass is 10.6. The van der Waals surface area contributed by atoms with Gasteiger partial charge >= 0.3 is 5.69 Å². The molecule has 0 aliphatic rings. The summed E-state index contributed by atoms with van der Waals surface area (Å²) in [6.07, 6.45) is 3.03. The molecule has 5 nitrogen and oxygen atoms in total. The molecule has 0 radical (unpaired) electrons. The number of aromatic nitrogens is 2. The second-order valence-corrected chi connectivity index (χ2v) is 2.66. The van der Waals surface area contributed by atoms with Crippen LogP contribution in [0.1, 0.15) is 11.7 Å². The highest BCUT2D eigenvalue weighted by Crippen LogP contribution is 1.85. The third kappa shape index (κ3) is 2.06. The van der Waals surface area contributed by atoms with E-state index in [1.165, 1.54) is 17.7 Å². The molecular weight excluding hydrogens is 172 g/mol. The third-order valence-electron chi connectivity index (χ3n) is 1.72. The molecule has 0 amide bonds. The van der Waals surface area contributed by atoms with E-state index in [1.54, 1.807) is 13.3 Å². The summed E-state index contributed by atoms with van der Waals surface area (Å²) >= 11 is 0. The predicted molar refractivity (Wildman–Crippen MR) is 46.9 cm³/mol. The summed E-state index contributed by atoms with van der Waals surface area (Å²) in [4.78, 5) is 22.2. The SMILES string of the molecule is COCCn1ccn(C(C)=O)c1=O. The molecule has 0 spiro atoms. The van der Waals surface area contributed by atoms with Gasteiger partial charge in [-0.3, -0.25) is 9.36 Å². The molecule has 0 saturated heterocycles. The minimum Gasteiger partial charge on any atom is -0.383 e. The average Bonchev–Trinajstić information content (AvgIpc) is 2.43. The van der Waals surface area contributed by atoms with Crippen LogP contribution in [0.25, 0.3) is 0 Å². The molecule has 0 atom stereocenters. The van der Waals surface area contributed by atoms with Gasteiger partial charge in [0.25, 0.3) is 0 Å². The monoisotopic (exact) mass is 184 g/mol. The number of carbonyl (C=O) groups is 1. The molecule has 0 N–H and O–H groups in total. The van der Waals surface area contributed by atoms with Crippen molar-refractivity contribution in [3.63, 3.8) is 0 Å². The summed E-state index contributed by atoms with van der Waals surface area (Å²) in [5.41, 5.74) is -0.315. The van der Waals surface area contributed by atoms with Crippen LogP contribution < -0.4 is 5.69 Å². The van der Waals surface area contributed by atoms with E-state index in [1.807, 2.05) is 0 Å². The quantitative estimate of drug-likeness (QED) is 0.662. The maximum Gasteiger partial charge on any atom is 0.335 e. The zero-order chi connectivity index (χ0) is 9.84. The van der Waals surface area contributed by atoms with Crippen LogP contribution in [0.3, 0.4) is 0 Å². The molecule has 5 heteroatoms. The number of imidazole rings is 1. The number of rotatable bonds is 3. The van der Waals surface area contributed by atoms with Gasteiger partial charge in [0, 0.05) is 26.4 Å². The van der Waals surface area contributed by atoms with Gasteiger partial charge in [0.2, 0.25) is 5.91 Å². The highest BCUT2D eigenvalue weighted by atomic mass is 16.5. The Morgan fingerprint density at radius 2 is 2.23 bits per heavy atom. The van der Waals surface area contributed by atoms with Crippen molar-refractivity contribution in [1.29, 1.82) is 0 Å². The third-order valence-corrected chi connectivity index (χ3v) is 1.72. The molecule has 1 aromatic heterocycles. The first kappa shape index (κ1) is 9.73. The van der Waals surface area contributed by atoms with Gasteiger partial charge in [-0.25, -0.2) is 9.36 Å². The highest BCUT2D eigenvalue weighted by Gasteiger charge is 2.05. The Balaban J connectivity index is 2.87. The molecule has 0 aliphatic carbocycles. The summed E-state index contributed by atoms with van der Waals surface area (Å²) in [5, 5.41) is 0. The fourth-order valence-electron chi connectivity index (χ4n) is 1.01. The zero-order valence-corrected chi connectivity index (χ0v) is 7.69. The Morgan fingerprint density at radius 1 is 1.54 bits per heavy atom. The van der Waals surface area contributed by atoms with Gasteiger partial charge in [0.1, 0.15) is 0 Å². The average molecular weight is 184 g/mol. The number of ether oxygens (including phenoxy) is 1. The van der Waals surface area contributed by atoms with E-state index in [0.29, 0.717) is 13.2 Å². The summed E-state index contributed by atoms with van der Waals surface area (Å²) in [7, 11) is 1.56. The lowest BCUT2D eigenvalue weighted by molar-refractivity contribution is 0.0931. The Bertz CT molecular complexity index is 351. The molecule has 72 valence electrons. The van der Waals surface area contributed by atoms with E-state index in [0.717, 1.165) is 4.57 Å². The van der Waals surface area contributed by atoms with E-state index in [4.69, 9.17) is 4.74 Å². The first-order valence-electron chi connectivity index (χ1n) is 3.94. The fourth-order valence-corrected chi connectivity index (χ4v) is 1.01. The van der Waals surface area contributed by atoms with Crippen LogP contribution in [0, 0.1) is 0 Å². The van der Waals surface area contributed by atoms with E-state index in [2.05, 4.69) is 0 Å². The molecular formula is C8H12N2O3. The number of nitrogens with zero attached hydrogens (tertiary/aromatic N) is 2. The van der Waals surface area contributed by atoms with Crippen molar-refractivity contribution in [2.24, 2.45) is 0 Å². The van der Waals surface area contributed by atoms with Crippen molar-refractivity contribution in [3.8, 4) is 0 Å². The largest absolute Gasteiger partial charge is 0.383 e. The van der Waals surface area contributed by atoms with Crippen molar-refractivity contribution >= 4 is 5.91 Å². The highest BCUT2D eigenvalue weighted by molar-refractivity contribution is 5.75. The minimum atomic E-state index is -0.315. The van der Waals surface area contributed by atoms with Crippen LogP contribution in [-0.4, -0.2) is 28.8 Å². The number of hydrogen-bond acceptors (Lipinski definition) is 3. The van der Waals surface area contributed by atoms with E-state index >= 15 is 0 Å². The fraction of sp³-hybridized carbons (Fsp3) is 0.500. The van der Waals surface area contributed by atoms with Gasteiger partial charge < -0.3 is 4.74 Å². The van der Waals surface area contributed by atoms with E-state index in [9.17, 15) is 9.59 Å². The lowest BCUT2D eigenvalue weighted by Gasteiger charge is -1.98. The number of hydrogen-bond donors (Lipinski definition) is 0. The molecule has 0 unspecified atom stereocenters. The van der Waals surface area contributed by atoms with Gasteiger partial charge in [-0.15, -0.1) is 0 Å². The Hall–Kier alpha value is -1.36. The van der Waals surface area contributed by atoms with Crippen LogP contribution >= 0.6 is 0 Å². The smallest absolute Gasteiger partial charge is 0.335 e. The first-order chi connectivity index (χ1) is 6.16. The normalized spacial score (nSPS) is 10.3. The van der Waals surface area contributed by atoms with Gasteiger partial charge in [-0.1, -0.05) is 0 Å². The summed E-state index contributed by atoms with van der Waals surface area (Å²) in [6, 6.07) is 0. The van der Waals surface area contributed by atoms with Gasteiger partial charge in [-0.05, 0) is 0 Å². The molecule has 0 fully saturated rings. The van der Waals surface area contributed by atoms with Crippen molar-refractivity contribution in [2.75, 3.05) is 13.7 Å². The minimum absolute atomic E-state index is 0.277. The molecule has 0 aromatic carbocycles. The van der Waals surface area contributed by atoms with Crippen molar-refractivity contribution in [1.82, 2.24) is 9.13 Å². The molecule has 1 rings (SSSR count). The van der Waals surface area contributed by atoms with E-state index < -0.39 is 0 Å². The molecule has 0 saturated carbocycles. The Morgan fingerprint density at radius 3 is 2.69 bits per heavy atom. The maximum atomic E-state index is 11.4. The maximum absolute atomic E-state index is 11.4. The van der Waals surface area contributed by atoms with Gasteiger partial charge in [0.05, 0.1) is 13.2 Å². The Kier molecular flexibility index (Phi) is 3.02. The van der Waals surface area contributed by atoms with Crippen LogP contribution in [0.5, 0.6) is 0 Å². The zero-order valence-electron chi connectivity index (χ0n) is 7.69. The molecule has 13 heavy (non-hydrogen) atoms. The second-order valence-electron chi connectivity index (χ2n) is 2.66. The van der Waals surface area contributed by atoms with Crippen molar-refractivity contribution in [2.45, 2.75) is 13.5 Å². The molecule has 0 bridgehead atoms. The number of carbonyl (C=O) groups excluding carboxylic acids is 1. The van der Waals surface area contributed by atoms with Crippen LogP contribution in [0.4, 0.5) is 0 Å². The van der Waals surface area contributed by atoms with Gasteiger partial charge in [-0.2, -0.15) is 0 Å². The number of methoxy groups -OCH3 is 1. The lowest BCUT2D eigenvalue weighted by Crippen LogP contribution is -2.28. The molecule has 0 aliphatic heterocycles. The van der Waals surface area contributed by atoms with Gasteiger partial charge in [0.15, 0.2) is 0 Å². The summed E-state index contributed by atoms with van der Waals surface area (Å²) in [5.74, 6) is -0.277. The van der Waals surface area contributed by atoms with Crippen LogP contribution in [-0.2, 0) is 11.3 Å². The first-order valence-corrected chi connectivity index (χ1v) is 3.94. The van der Waals surface area contributed by atoms with Crippen LogP contribution in [0.2, 0.25) is 0 Å². The summed E-state index contributed by atoms with van der Waals surface area (Å²) < 4.78 is 7.32. The summed E-state index contributed by atoms with van der Waals surface area (Å²) in [6.45, 7) is 2.28. The van der Waals surface area contributed by atoms with E-state index in [-0.39, 0.29) is 11.6 Å². The topological polar surface area (TPSA) is 53.2 Å². The molecule has 1 aromatic rings. The molecule has 1 heterocycles. The second kappa shape index (κ2) is 4.04. The van der Waals surface area contributed by atoms with Crippen molar-refractivity contribution < 1.29 is 9.53 Å².